The van der Waals surface area contributed by atoms with Crippen LogP contribution in [0.15, 0.2) is 18.2 Å². The summed E-state index contributed by atoms with van der Waals surface area (Å²) in [6.45, 7) is 3.89. The van der Waals surface area contributed by atoms with Crippen LogP contribution in [0.1, 0.15) is 30.2 Å². The van der Waals surface area contributed by atoms with Crippen LogP contribution in [0.3, 0.4) is 0 Å². The zero-order valence-corrected chi connectivity index (χ0v) is 8.51. The van der Waals surface area contributed by atoms with Crippen molar-refractivity contribution in [1.82, 2.24) is 15.0 Å². The lowest BCUT2D eigenvalue weighted by atomic mass is 10.2. The Morgan fingerprint density at radius 1 is 1.40 bits per heavy atom. The van der Waals surface area contributed by atoms with E-state index in [1.165, 1.54) is 10.9 Å². The third-order valence-corrected chi connectivity index (χ3v) is 2.12. The first-order chi connectivity index (χ1) is 7.09. The maximum Gasteiger partial charge on any atom is 0.338 e. The van der Waals surface area contributed by atoms with Gasteiger partial charge in [-0.25, -0.2) is 4.79 Å². The lowest BCUT2D eigenvalue weighted by Crippen LogP contribution is -2.04. The van der Waals surface area contributed by atoms with Crippen LogP contribution in [0.5, 0.6) is 0 Å². The fraction of sp³-hybridized carbons (Fsp3) is 0.300. The Morgan fingerprint density at radius 3 is 2.73 bits per heavy atom. The van der Waals surface area contributed by atoms with Crippen molar-refractivity contribution in [1.29, 1.82) is 0 Å². The van der Waals surface area contributed by atoms with Gasteiger partial charge in [-0.3, -0.25) is 0 Å². The molecule has 1 aromatic carbocycles. The highest BCUT2D eigenvalue weighted by Gasteiger charge is 2.13. The second-order valence-corrected chi connectivity index (χ2v) is 3.59. The van der Waals surface area contributed by atoms with Gasteiger partial charge in [0.15, 0.2) is 0 Å². The molecular weight excluding hydrogens is 194 g/mol. The lowest BCUT2D eigenvalue weighted by molar-refractivity contribution is 0.0699. The molecule has 0 aliphatic heterocycles. The van der Waals surface area contributed by atoms with Gasteiger partial charge >= 0.3 is 5.97 Å². The van der Waals surface area contributed by atoms with E-state index in [0.717, 1.165) is 0 Å². The molecule has 0 aliphatic carbocycles. The van der Waals surface area contributed by atoms with Crippen molar-refractivity contribution in [3.63, 3.8) is 0 Å². The number of aromatic nitrogens is 3. The maximum absolute atomic E-state index is 10.9. The Hall–Kier alpha value is -1.91. The Kier molecular flexibility index (Phi) is 2.15. The first-order valence-corrected chi connectivity index (χ1v) is 4.68. The van der Waals surface area contributed by atoms with Gasteiger partial charge < -0.3 is 5.11 Å². The molecule has 0 saturated heterocycles. The number of carbonyl (C=O) groups is 1. The zero-order chi connectivity index (χ0) is 11.0. The minimum Gasteiger partial charge on any atom is -0.478 e. The normalized spacial score (nSPS) is 11.1. The smallest absolute Gasteiger partial charge is 0.338 e. The van der Waals surface area contributed by atoms with Crippen LogP contribution >= 0.6 is 0 Å². The molecule has 0 aliphatic rings. The van der Waals surface area contributed by atoms with Gasteiger partial charge in [0.05, 0.1) is 11.6 Å². The number of aromatic carboxylic acids is 1. The Labute approximate surface area is 86.3 Å². The van der Waals surface area contributed by atoms with Crippen molar-refractivity contribution in [3.8, 4) is 0 Å². The first kappa shape index (κ1) is 9.64. The first-order valence-electron chi connectivity index (χ1n) is 4.68. The average Bonchev–Trinajstić information content (AvgIpc) is 2.60. The summed E-state index contributed by atoms with van der Waals surface area (Å²) in [6, 6.07) is 5.09. The molecule has 1 heterocycles. The molecule has 78 valence electrons. The predicted octanol–water partition coefficient (Wildman–Crippen LogP) is 1.71. The minimum absolute atomic E-state index is 0.124. The van der Waals surface area contributed by atoms with Crippen molar-refractivity contribution < 1.29 is 9.90 Å². The summed E-state index contributed by atoms with van der Waals surface area (Å²) in [5, 5.41) is 17.3. The Balaban J connectivity index is 2.70. The van der Waals surface area contributed by atoms with Crippen molar-refractivity contribution in [2.45, 2.75) is 19.9 Å². The van der Waals surface area contributed by atoms with Crippen LogP contribution in [0, 0.1) is 0 Å². The number of nitrogens with zero attached hydrogens (tertiary/aromatic N) is 3. The number of benzene rings is 1. The summed E-state index contributed by atoms with van der Waals surface area (Å²) < 4.78 is 0. The van der Waals surface area contributed by atoms with Crippen LogP contribution < -0.4 is 0 Å². The predicted molar refractivity (Wildman–Crippen MR) is 54.9 cm³/mol. The topological polar surface area (TPSA) is 68.0 Å². The van der Waals surface area contributed by atoms with Gasteiger partial charge in [0.2, 0.25) is 0 Å². The molecule has 5 heteroatoms. The molecule has 0 bridgehead atoms. The van der Waals surface area contributed by atoms with Crippen LogP contribution in [0.25, 0.3) is 11.0 Å². The SMILES string of the molecule is CC(C)n1nc2cccc(C(=O)O)c2n1. The summed E-state index contributed by atoms with van der Waals surface area (Å²) in [7, 11) is 0. The maximum atomic E-state index is 10.9. The molecule has 2 aromatic rings. The van der Waals surface area contributed by atoms with Gasteiger partial charge in [0.25, 0.3) is 0 Å². The summed E-state index contributed by atoms with van der Waals surface area (Å²) >= 11 is 0. The third-order valence-electron chi connectivity index (χ3n) is 2.12. The molecule has 0 saturated carbocycles. The van der Waals surface area contributed by atoms with Crippen LogP contribution in [0.4, 0.5) is 0 Å². The highest BCUT2D eigenvalue weighted by molar-refractivity contribution is 6.00. The van der Waals surface area contributed by atoms with Crippen molar-refractivity contribution >= 4 is 17.0 Å². The molecule has 0 radical (unpaired) electrons. The van der Waals surface area contributed by atoms with E-state index in [9.17, 15) is 4.79 Å². The van der Waals surface area contributed by atoms with E-state index in [1.54, 1.807) is 12.1 Å². The van der Waals surface area contributed by atoms with E-state index in [0.29, 0.717) is 11.0 Å². The summed E-state index contributed by atoms with van der Waals surface area (Å²) in [6.07, 6.45) is 0. The van der Waals surface area contributed by atoms with E-state index in [2.05, 4.69) is 10.2 Å². The van der Waals surface area contributed by atoms with Crippen LogP contribution in [-0.4, -0.2) is 26.1 Å². The van der Waals surface area contributed by atoms with Crippen molar-refractivity contribution in [2.75, 3.05) is 0 Å². The second kappa shape index (κ2) is 3.34. The largest absolute Gasteiger partial charge is 0.478 e. The number of hydrogen-bond donors (Lipinski definition) is 1. The van der Waals surface area contributed by atoms with Gasteiger partial charge in [-0.15, -0.1) is 0 Å². The molecule has 0 atom stereocenters. The van der Waals surface area contributed by atoms with Gasteiger partial charge in [-0.05, 0) is 26.0 Å². The number of fused-ring (bicyclic) bond motifs is 1. The van der Waals surface area contributed by atoms with E-state index in [4.69, 9.17) is 5.11 Å². The van der Waals surface area contributed by atoms with Gasteiger partial charge in [0.1, 0.15) is 11.0 Å². The third kappa shape index (κ3) is 1.56. The highest BCUT2D eigenvalue weighted by atomic mass is 16.4. The summed E-state index contributed by atoms with van der Waals surface area (Å²) in [5.74, 6) is -0.976. The van der Waals surface area contributed by atoms with Crippen LogP contribution in [-0.2, 0) is 0 Å². The molecule has 1 N–H and O–H groups in total. The molecule has 5 nitrogen and oxygen atoms in total. The van der Waals surface area contributed by atoms with Gasteiger partial charge in [-0.2, -0.15) is 15.0 Å². The number of carboxylic acid groups (broad SMARTS) is 1. The second-order valence-electron chi connectivity index (χ2n) is 3.59. The van der Waals surface area contributed by atoms with Crippen molar-refractivity contribution in [2.24, 2.45) is 0 Å². The standard InChI is InChI=1S/C10H11N3O2/c1-6(2)13-11-8-5-3-4-7(10(14)15)9(8)12-13/h3-6H,1-2H3,(H,14,15). The quantitative estimate of drug-likeness (QED) is 0.810. The molecule has 0 amide bonds. The van der Waals surface area contributed by atoms with E-state index >= 15 is 0 Å². The minimum atomic E-state index is -0.976. The summed E-state index contributed by atoms with van der Waals surface area (Å²) in [4.78, 5) is 12.4. The Bertz CT molecular complexity index is 516. The number of hydrogen-bond acceptors (Lipinski definition) is 3. The fourth-order valence-electron chi connectivity index (χ4n) is 1.36. The Morgan fingerprint density at radius 2 is 2.13 bits per heavy atom. The molecule has 15 heavy (non-hydrogen) atoms. The molecule has 2 rings (SSSR count). The monoisotopic (exact) mass is 205 g/mol. The van der Waals surface area contributed by atoms with Crippen LogP contribution in [0.2, 0.25) is 0 Å². The van der Waals surface area contributed by atoms with Gasteiger partial charge in [0, 0.05) is 0 Å². The average molecular weight is 205 g/mol. The molecule has 0 unspecified atom stereocenters. The molecule has 0 fully saturated rings. The van der Waals surface area contributed by atoms with E-state index < -0.39 is 5.97 Å². The number of rotatable bonds is 2. The zero-order valence-electron chi connectivity index (χ0n) is 8.51. The molecule has 0 spiro atoms. The molecular formula is C10H11N3O2. The lowest BCUT2D eigenvalue weighted by Gasteiger charge is -2.00. The van der Waals surface area contributed by atoms with E-state index in [-0.39, 0.29) is 11.6 Å². The number of carboxylic acids is 1. The molecule has 1 aromatic heterocycles. The fourth-order valence-corrected chi connectivity index (χ4v) is 1.36. The summed E-state index contributed by atoms with van der Waals surface area (Å²) in [5.41, 5.74) is 1.25. The highest BCUT2D eigenvalue weighted by Crippen LogP contribution is 2.16. The van der Waals surface area contributed by atoms with Crippen molar-refractivity contribution in [3.05, 3.63) is 23.8 Å². The van der Waals surface area contributed by atoms with Gasteiger partial charge in [-0.1, -0.05) is 6.07 Å². The van der Waals surface area contributed by atoms with E-state index in [1.807, 2.05) is 13.8 Å².